The SMILES string of the molecule is Cc1cc(CN=C(N)NO)cc(C)c1F. The van der Waals surface area contributed by atoms with Crippen LogP contribution in [0.1, 0.15) is 16.7 Å². The van der Waals surface area contributed by atoms with Crippen LogP contribution in [0.25, 0.3) is 0 Å². The maximum Gasteiger partial charge on any atom is 0.213 e. The molecule has 1 aromatic rings. The summed E-state index contributed by atoms with van der Waals surface area (Å²) in [5, 5.41) is 8.40. The largest absolute Gasteiger partial charge is 0.368 e. The van der Waals surface area contributed by atoms with E-state index in [1.807, 2.05) is 0 Å². The van der Waals surface area contributed by atoms with Crippen molar-refractivity contribution in [3.63, 3.8) is 0 Å². The van der Waals surface area contributed by atoms with Crippen LogP contribution in [0.5, 0.6) is 0 Å². The van der Waals surface area contributed by atoms with E-state index in [1.54, 1.807) is 31.5 Å². The Hall–Kier alpha value is -1.62. The number of hydrogen-bond donors (Lipinski definition) is 3. The first-order valence-electron chi connectivity index (χ1n) is 4.50. The van der Waals surface area contributed by atoms with E-state index >= 15 is 0 Å². The van der Waals surface area contributed by atoms with Crippen LogP contribution in [0, 0.1) is 19.7 Å². The molecule has 0 aliphatic carbocycles. The minimum Gasteiger partial charge on any atom is -0.368 e. The second kappa shape index (κ2) is 4.75. The first kappa shape index (κ1) is 11.5. The lowest BCUT2D eigenvalue weighted by atomic mass is 10.1. The van der Waals surface area contributed by atoms with Crippen molar-refractivity contribution < 1.29 is 9.60 Å². The Morgan fingerprint density at radius 1 is 1.47 bits per heavy atom. The highest BCUT2D eigenvalue weighted by Crippen LogP contribution is 2.15. The third kappa shape index (κ3) is 2.92. The Labute approximate surface area is 87.6 Å². The molecule has 1 rings (SSSR count). The van der Waals surface area contributed by atoms with Crippen molar-refractivity contribution in [2.45, 2.75) is 20.4 Å². The zero-order valence-corrected chi connectivity index (χ0v) is 8.71. The molecule has 0 atom stereocenters. The van der Waals surface area contributed by atoms with E-state index in [9.17, 15) is 4.39 Å². The van der Waals surface area contributed by atoms with Crippen LogP contribution in [0.15, 0.2) is 17.1 Å². The minimum atomic E-state index is -0.198. The van der Waals surface area contributed by atoms with Crippen molar-refractivity contribution in [3.8, 4) is 0 Å². The van der Waals surface area contributed by atoms with Gasteiger partial charge in [-0.15, -0.1) is 0 Å². The number of nitrogens with two attached hydrogens (primary N) is 1. The van der Waals surface area contributed by atoms with Gasteiger partial charge in [-0.2, -0.15) is 0 Å². The number of rotatable bonds is 2. The van der Waals surface area contributed by atoms with E-state index in [2.05, 4.69) is 4.99 Å². The molecule has 0 aromatic heterocycles. The lowest BCUT2D eigenvalue weighted by molar-refractivity contribution is 0.232. The summed E-state index contributed by atoms with van der Waals surface area (Å²) < 4.78 is 13.3. The van der Waals surface area contributed by atoms with Gasteiger partial charge in [0.2, 0.25) is 5.96 Å². The molecule has 4 nitrogen and oxygen atoms in total. The lowest BCUT2D eigenvalue weighted by Gasteiger charge is -2.05. The topological polar surface area (TPSA) is 70.6 Å². The fraction of sp³-hybridized carbons (Fsp3) is 0.300. The fourth-order valence-corrected chi connectivity index (χ4v) is 1.34. The zero-order chi connectivity index (χ0) is 11.4. The van der Waals surface area contributed by atoms with E-state index in [1.165, 1.54) is 0 Å². The molecule has 5 heteroatoms. The minimum absolute atomic E-state index is 0.0605. The first-order chi connectivity index (χ1) is 7.04. The number of guanidine groups is 1. The molecule has 15 heavy (non-hydrogen) atoms. The van der Waals surface area contributed by atoms with Gasteiger partial charge in [-0.05, 0) is 30.5 Å². The summed E-state index contributed by atoms with van der Waals surface area (Å²) in [6, 6.07) is 3.41. The van der Waals surface area contributed by atoms with Gasteiger partial charge in [0.1, 0.15) is 5.82 Å². The van der Waals surface area contributed by atoms with Crippen LogP contribution < -0.4 is 11.2 Å². The third-order valence-corrected chi connectivity index (χ3v) is 2.04. The number of aliphatic imine (C=N–C) groups is 1. The summed E-state index contributed by atoms with van der Waals surface area (Å²) in [4.78, 5) is 3.84. The number of hydroxylamine groups is 1. The second-order valence-electron chi connectivity index (χ2n) is 3.36. The summed E-state index contributed by atoms with van der Waals surface area (Å²) in [5.74, 6) is -0.259. The standard InChI is InChI=1S/C10H14FN3O/c1-6-3-8(4-7(2)9(6)11)5-13-10(12)14-15/h3-4,15H,5H2,1-2H3,(H3,12,13,14). The molecule has 0 spiro atoms. The molecule has 0 saturated carbocycles. The van der Waals surface area contributed by atoms with Crippen molar-refractivity contribution in [1.82, 2.24) is 5.48 Å². The number of aryl methyl sites for hydroxylation is 2. The van der Waals surface area contributed by atoms with Crippen LogP contribution in [-0.2, 0) is 6.54 Å². The molecular weight excluding hydrogens is 197 g/mol. The van der Waals surface area contributed by atoms with Gasteiger partial charge in [-0.25, -0.2) is 14.9 Å². The van der Waals surface area contributed by atoms with Crippen molar-refractivity contribution in [2.24, 2.45) is 10.7 Å². The molecule has 0 unspecified atom stereocenters. The van der Waals surface area contributed by atoms with E-state index in [-0.39, 0.29) is 11.8 Å². The Morgan fingerprint density at radius 2 is 2.00 bits per heavy atom. The van der Waals surface area contributed by atoms with Crippen molar-refractivity contribution in [3.05, 3.63) is 34.6 Å². The van der Waals surface area contributed by atoms with E-state index in [0.29, 0.717) is 17.7 Å². The summed E-state index contributed by atoms with van der Waals surface area (Å²) in [6.07, 6.45) is 0. The molecular formula is C10H14FN3O. The predicted octanol–water partition coefficient (Wildman–Crippen LogP) is 1.24. The van der Waals surface area contributed by atoms with Gasteiger partial charge in [0, 0.05) is 0 Å². The second-order valence-corrected chi connectivity index (χ2v) is 3.36. The molecule has 0 fully saturated rings. The molecule has 4 N–H and O–H groups in total. The third-order valence-electron chi connectivity index (χ3n) is 2.04. The summed E-state index contributed by atoms with van der Waals surface area (Å²) in [7, 11) is 0. The van der Waals surface area contributed by atoms with E-state index < -0.39 is 0 Å². The molecule has 0 amide bonds. The van der Waals surface area contributed by atoms with Gasteiger partial charge in [-0.1, -0.05) is 12.1 Å². The number of halogens is 1. The van der Waals surface area contributed by atoms with Crippen molar-refractivity contribution in [2.75, 3.05) is 0 Å². The van der Waals surface area contributed by atoms with Crippen LogP contribution in [0.2, 0.25) is 0 Å². The normalized spacial score (nSPS) is 11.6. The van der Waals surface area contributed by atoms with Crippen molar-refractivity contribution >= 4 is 5.96 Å². The maximum atomic E-state index is 13.3. The van der Waals surface area contributed by atoms with Crippen LogP contribution in [-0.4, -0.2) is 11.2 Å². The Balaban J connectivity index is 2.88. The Kier molecular flexibility index (Phi) is 3.62. The predicted molar refractivity (Wildman–Crippen MR) is 56.1 cm³/mol. The fourth-order valence-electron chi connectivity index (χ4n) is 1.34. The molecule has 0 saturated heterocycles. The van der Waals surface area contributed by atoms with E-state index in [4.69, 9.17) is 10.9 Å². The summed E-state index contributed by atoms with van der Waals surface area (Å²) >= 11 is 0. The number of benzene rings is 1. The van der Waals surface area contributed by atoms with Crippen LogP contribution in [0.4, 0.5) is 4.39 Å². The number of nitrogens with zero attached hydrogens (tertiary/aromatic N) is 1. The highest BCUT2D eigenvalue weighted by molar-refractivity contribution is 5.76. The van der Waals surface area contributed by atoms with Gasteiger partial charge in [-0.3, -0.25) is 5.21 Å². The number of nitrogens with one attached hydrogen (secondary N) is 1. The van der Waals surface area contributed by atoms with Crippen LogP contribution in [0.3, 0.4) is 0 Å². The summed E-state index contributed by atoms with van der Waals surface area (Å²) in [6.45, 7) is 3.70. The molecule has 0 aliphatic rings. The average Bonchev–Trinajstić information content (AvgIpc) is 2.22. The lowest BCUT2D eigenvalue weighted by Crippen LogP contribution is -2.28. The molecule has 82 valence electrons. The quantitative estimate of drug-likeness (QED) is 0.391. The van der Waals surface area contributed by atoms with Gasteiger partial charge in [0.25, 0.3) is 0 Å². The smallest absolute Gasteiger partial charge is 0.213 e. The first-order valence-corrected chi connectivity index (χ1v) is 4.50. The average molecular weight is 211 g/mol. The number of hydrogen-bond acceptors (Lipinski definition) is 2. The molecule has 0 bridgehead atoms. The zero-order valence-electron chi connectivity index (χ0n) is 8.71. The van der Waals surface area contributed by atoms with Gasteiger partial charge >= 0.3 is 0 Å². The Bertz CT molecular complexity index is 367. The van der Waals surface area contributed by atoms with Gasteiger partial charge in [0.05, 0.1) is 6.54 Å². The van der Waals surface area contributed by atoms with Crippen molar-refractivity contribution in [1.29, 1.82) is 0 Å². The monoisotopic (exact) mass is 211 g/mol. The Morgan fingerprint density at radius 3 is 2.47 bits per heavy atom. The molecule has 1 aromatic carbocycles. The highest BCUT2D eigenvalue weighted by atomic mass is 19.1. The molecule has 0 radical (unpaired) electrons. The highest BCUT2D eigenvalue weighted by Gasteiger charge is 2.03. The van der Waals surface area contributed by atoms with Gasteiger partial charge < -0.3 is 5.73 Å². The molecule has 0 heterocycles. The van der Waals surface area contributed by atoms with Gasteiger partial charge in [0.15, 0.2) is 0 Å². The van der Waals surface area contributed by atoms with E-state index in [0.717, 1.165) is 5.56 Å². The maximum absolute atomic E-state index is 13.3. The summed E-state index contributed by atoms with van der Waals surface area (Å²) in [5.41, 5.74) is 8.98. The molecule has 0 aliphatic heterocycles. The van der Waals surface area contributed by atoms with Crippen LogP contribution >= 0.6 is 0 Å².